The number of ether oxygens (including phenoxy) is 1. The third-order valence-corrected chi connectivity index (χ3v) is 2.85. The maximum Gasteiger partial charge on any atom is 0.315 e. The molecule has 1 atom stereocenters. The maximum absolute atomic E-state index is 11.8. The Morgan fingerprint density at radius 1 is 1.30 bits per heavy atom. The minimum absolute atomic E-state index is 0.0211. The third kappa shape index (κ3) is 6.37. The van der Waals surface area contributed by atoms with Crippen LogP contribution in [-0.2, 0) is 14.3 Å². The van der Waals surface area contributed by atoms with Crippen LogP contribution in [0.2, 0.25) is 0 Å². The van der Waals surface area contributed by atoms with Crippen LogP contribution in [0.3, 0.4) is 0 Å². The summed E-state index contributed by atoms with van der Waals surface area (Å²) in [5.41, 5.74) is 0. The summed E-state index contributed by atoms with van der Waals surface area (Å²) in [7, 11) is 0. The van der Waals surface area contributed by atoms with Crippen LogP contribution in [-0.4, -0.2) is 66.8 Å². The number of aliphatic carboxylic acids is 1. The Balaban J connectivity index is 2.14. The molecule has 0 aromatic heterocycles. The molecule has 20 heavy (non-hydrogen) atoms. The molecule has 1 fully saturated rings. The first kappa shape index (κ1) is 16.2. The zero-order valence-corrected chi connectivity index (χ0v) is 11.6. The van der Waals surface area contributed by atoms with E-state index in [0.717, 1.165) is 0 Å². The van der Waals surface area contributed by atoms with Crippen LogP contribution in [0.15, 0.2) is 0 Å². The number of nitrogens with zero attached hydrogens (tertiary/aromatic N) is 1. The number of carbonyl (C=O) groups excluding carboxylic acids is 2. The van der Waals surface area contributed by atoms with E-state index in [-0.39, 0.29) is 25.3 Å². The number of carboxylic acid groups (broad SMARTS) is 1. The highest BCUT2D eigenvalue weighted by Crippen LogP contribution is 1.99. The first-order chi connectivity index (χ1) is 9.49. The van der Waals surface area contributed by atoms with E-state index in [2.05, 4.69) is 10.6 Å². The van der Waals surface area contributed by atoms with Crippen LogP contribution in [0, 0.1) is 0 Å². The second-order valence-corrected chi connectivity index (χ2v) is 4.64. The van der Waals surface area contributed by atoms with E-state index < -0.39 is 18.0 Å². The van der Waals surface area contributed by atoms with Gasteiger partial charge in [0.25, 0.3) is 0 Å². The van der Waals surface area contributed by atoms with Crippen molar-refractivity contribution in [2.24, 2.45) is 0 Å². The molecule has 114 valence electrons. The highest BCUT2D eigenvalue weighted by atomic mass is 16.5. The van der Waals surface area contributed by atoms with Gasteiger partial charge in [0.1, 0.15) is 0 Å². The van der Waals surface area contributed by atoms with Gasteiger partial charge in [0.15, 0.2) is 0 Å². The van der Waals surface area contributed by atoms with Gasteiger partial charge >= 0.3 is 12.0 Å². The SMILES string of the molecule is CC(CC(=O)O)NC(=O)NCCC(=O)N1CCOCC1. The lowest BCUT2D eigenvalue weighted by atomic mass is 10.2. The van der Waals surface area contributed by atoms with Crippen molar-refractivity contribution in [3.63, 3.8) is 0 Å². The molecule has 0 bridgehead atoms. The van der Waals surface area contributed by atoms with Crippen molar-refractivity contribution in [1.82, 2.24) is 15.5 Å². The van der Waals surface area contributed by atoms with E-state index in [0.29, 0.717) is 26.3 Å². The zero-order chi connectivity index (χ0) is 15.0. The standard InChI is InChI=1S/C12H21N3O5/c1-9(8-11(17)18)14-12(19)13-3-2-10(16)15-4-6-20-7-5-15/h9H,2-8H2,1H3,(H,17,18)(H2,13,14,19). The summed E-state index contributed by atoms with van der Waals surface area (Å²) < 4.78 is 5.15. The Kier molecular flexibility index (Phi) is 6.78. The summed E-state index contributed by atoms with van der Waals surface area (Å²) >= 11 is 0. The second kappa shape index (κ2) is 8.36. The van der Waals surface area contributed by atoms with E-state index in [1.807, 2.05) is 0 Å². The molecule has 1 saturated heterocycles. The van der Waals surface area contributed by atoms with E-state index in [4.69, 9.17) is 9.84 Å². The summed E-state index contributed by atoms with van der Waals surface area (Å²) in [5.74, 6) is -0.993. The quantitative estimate of drug-likeness (QED) is 0.604. The van der Waals surface area contributed by atoms with Gasteiger partial charge < -0.3 is 25.4 Å². The first-order valence-electron chi connectivity index (χ1n) is 6.60. The summed E-state index contributed by atoms with van der Waals surface area (Å²) in [6.07, 6.45) is 0.0842. The van der Waals surface area contributed by atoms with Crippen molar-refractivity contribution in [3.05, 3.63) is 0 Å². The highest BCUT2D eigenvalue weighted by Gasteiger charge is 2.16. The van der Waals surface area contributed by atoms with Crippen molar-refractivity contribution in [2.75, 3.05) is 32.8 Å². The van der Waals surface area contributed by atoms with Gasteiger partial charge in [-0.1, -0.05) is 0 Å². The van der Waals surface area contributed by atoms with Crippen molar-refractivity contribution in [2.45, 2.75) is 25.8 Å². The summed E-state index contributed by atoms with van der Waals surface area (Å²) in [4.78, 5) is 35.3. The molecule has 0 saturated carbocycles. The number of carboxylic acids is 1. The molecule has 0 radical (unpaired) electrons. The van der Waals surface area contributed by atoms with Crippen LogP contribution in [0.5, 0.6) is 0 Å². The monoisotopic (exact) mass is 287 g/mol. The largest absolute Gasteiger partial charge is 0.481 e. The smallest absolute Gasteiger partial charge is 0.315 e. The van der Waals surface area contributed by atoms with E-state index in [1.165, 1.54) is 0 Å². The Labute approximate surface area is 117 Å². The summed E-state index contributed by atoms with van der Waals surface area (Å²) in [6, 6.07) is -0.920. The molecule has 0 spiro atoms. The van der Waals surface area contributed by atoms with Crippen molar-refractivity contribution in [1.29, 1.82) is 0 Å². The maximum atomic E-state index is 11.8. The molecule has 1 rings (SSSR count). The molecule has 8 nitrogen and oxygen atoms in total. The molecule has 8 heteroatoms. The molecule has 0 aromatic carbocycles. The van der Waals surface area contributed by atoms with Crippen molar-refractivity contribution in [3.8, 4) is 0 Å². The molecule has 3 amide bonds. The fraction of sp³-hybridized carbons (Fsp3) is 0.750. The first-order valence-corrected chi connectivity index (χ1v) is 6.60. The average Bonchev–Trinajstić information content (AvgIpc) is 2.38. The second-order valence-electron chi connectivity index (χ2n) is 4.64. The van der Waals surface area contributed by atoms with Gasteiger partial charge in [-0.25, -0.2) is 4.79 Å². The van der Waals surface area contributed by atoms with Gasteiger partial charge in [-0.15, -0.1) is 0 Å². The molecule has 1 heterocycles. The molecular weight excluding hydrogens is 266 g/mol. The number of hydrogen-bond donors (Lipinski definition) is 3. The van der Waals surface area contributed by atoms with Gasteiger partial charge in [-0.2, -0.15) is 0 Å². The van der Waals surface area contributed by atoms with Crippen LogP contribution in [0.25, 0.3) is 0 Å². The van der Waals surface area contributed by atoms with Gasteiger partial charge in [-0.3, -0.25) is 9.59 Å². The van der Waals surface area contributed by atoms with Gasteiger partial charge in [-0.05, 0) is 6.92 Å². The van der Waals surface area contributed by atoms with Crippen LogP contribution >= 0.6 is 0 Å². The van der Waals surface area contributed by atoms with Crippen LogP contribution in [0.1, 0.15) is 19.8 Å². The highest BCUT2D eigenvalue weighted by molar-refractivity contribution is 5.78. The van der Waals surface area contributed by atoms with Crippen LogP contribution < -0.4 is 10.6 Å². The summed E-state index contributed by atoms with van der Waals surface area (Å²) in [6.45, 7) is 4.09. The van der Waals surface area contributed by atoms with E-state index in [9.17, 15) is 14.4 Å². The Morgan fingerprint density at radius 3 is 2.55 bits per heavy atom. The number of nitrogens with one attached hydrogen (secondary N) is 2. The Morgan fingerprint density at radius 2 is 1.95 bits per heavy atom. The predicted molar refractivity (Wildman–Crippen MR) is 70.3 cm³/mol. The lowest BCUT2D eigenvalue weighted by molar-refractivity contribution is -0.137. The predicted octanol–water partition coefficient (Wildman–Crippen LogP) is -0.602. The number of amides is 3. The Hall–Kier alpha value is -1.83. The molecule has 1 aliphatic rings. The molecule has 0 aromatic rings. The number of urea groups is 1. The lowest BCUT2D eigenvalue weighted by Crippen LogP contribution is -2.44. The van der Waals surface area contributed by atoms with E-state index in [1.54, 1.807) is 11.8 Å². The number of hydrogen-bond acceptors (Lipinski definition) is 4. The van der Waals surface area contributed by atoms with Gasteiger partial charge in [0.2, 0.25) is 5.91 Å². The van der Waals surface area contributed by atoms with E-state index >= 15 is 0 Å². The average molecular weight is 287 g/mol. The Bertz CT molecular complexity index is 355. The number of morpholine rings is 1. The fourth-order valence-electron chi connectivity index (χ4n) is 1.84. The zero-order valence-electron chi connectivity index (χ0n) is 11.6. The lowest BCUT2D eigenvalue weighted by Gasteiger charge is -2.26. The van der Waals surface area contributed by atoms with Gasteiger partial charge in [0.05, 0.1) is 19.6 Å². The van der Waals surface area contributed by atoms with Gasteiger partial charge in [0, 0.05) is 32.1 Å². The summed E-state index contributed by atoms with van der Waals surface area (Å²) in [5, 5.41) is 13.6. The topological polar surface area (TPSA) is 108 Å². The third-order valence-electron chi connectivity index (χ3n) is 2.85. The fourth-order valence-corrected chi connectivity index (χ4v) is 1.84. The van der Waals surface area contributed by atoms with Crippen LogP contribution in [0.4, 0.5) is 4.79 Å². The minimum Gasteiger partial charge on any atom is -0.481 e. The normalized spacial score (nSPS) is 16.4. The van der Waals surface area contributed by atoms with Crippen molar-refractivity contribution < 1.29 is 24.2 Å². The molecular formula is C12H21N3O5. The number of carbonyl (C=O) groups is 3. The molecule has 1 unspecified atom stereocenters. The molecule has 0 aliphatic carbocycles. The number of rotatable bonds is 6. The molecule has 3 N–H and O–H groups in total. The molecule has 1 aliphatic heterocycles. The minimum atomic E-state index is -0.972. The van der Waals surface area contributed by atoms with Crippen molar-refractivity contribution >= 4 is 17.9 Å².